The van der Waals surface area contributed by atoms with E-state index in [1.807, 2.05) is 13.2 Å². The molecule has 6 heteroatoms. The fraction of sp³-hybridized carbons (Fsp3) is 1.00. The summed E-state index contributed by atoms with van der Waals surface area (Å²) in [6, 6.07) is 0. The Morgan fingerprint density at radius 1 is 1.35 bits per heavy atom. The van der Waals surface area contributed by atoms with Gasteiger partial charge in [0.25, 0.3) is 0 Å². The second-order valence-electron chi connectivity index (χ2n) is 5.63. The average molecular weight is 306 g/mol. The molecule has 0 aromatic heterocycles. The number of rotatable bonds is 5. The summed E-state index contributed by atoms with van der Waals surface area (Å²) in [6.45, 7) is 2.17. The maximum absolute atomic E-state index is 9.70. The summed E-state index contributed by atoms with van der Waals surface area (Å²) >= 11 is 1.38. The third-order valence-corrected chi connectivity index (χ3v) is 4.98. The molecule has 2 N–H and O–H groups in total. The van der Waals surface area contributed by atoms with Crippen molar-refractivity contribution in [3.63, 3.8) is 0 Å². The fourth-order valence-corrected chi connectivity index (χ4v) is 3.54. The van der Waals surface area contributed by atoms with E-state index < -0.39 is 17.3 Å². The standard InChI is InChI=1S/C14H26O5S/c1-10-12(18-13(20-2)11(16)8-15)9-17-14(19-10)6-4-3-5-7-14/h10-13,15-16H,3-9H2,1-2H3/t10-,11+,12?,13-/m0/s1. The number of hydrogen-bond acceptors (Lipinski definition) is 6. The first-order valence-corrected chi connectivity index (χ1v) is 8.68. The van der Waals surface area contributed by atoms with Crippen LogP contribution in [-0.4, -0.2) is 59.2 Å². The maximum Gasteiger partial charge on any atom is 0.168 e. The van der Waals surface area contributed by atoms with Gasteiger partial charge in [-0.15, -0.1) is 11.8 Å². The molecule has 1 saturated carbocycles. The van der Waals surface area contributed by atoms with Crippen LogP contribution < -0.4 is 0 Å². The molecule has 1 saturated heterocycles. The van der Waals surface area contributed by atoms with Crippen LogP contribution in [0.1, 0.15) is 39.0 Å². The summed E-state index contributed by atoms with van der Waals surface area (Å²) in [5.41, 5.74) is -0.458. The van der Waals surface area contributed by atoms with Crippen LogP contribution in [0.15, 0.2) is 0 Å². The molecule has 2 fully saturated rings. The number of hydrogen-bond donors (Lipinski definition) is 2. The second-order valence-corrected chi connectivity index (χ2v) is 6.57. The molecule has 118 valence electrons. The lowest BCUT2D eigenvalue weighted by Crippen LogP contribution is -2.53. The van der Waals surface area contributed by atoms with Crippen LogP contribution in [0, 0.1) is 0 Å². The van der Waals surface area contributed by atoms with Crippen molar-refractivity contribution in [2.75, 3.05) is 19.5 Å². The van der Waals surface area contributed by atoms with Gasteiger partial charge in [0.1, 0.15) is 17.6 Å². The monoisotopic (exact) mass is 306 g/mol. The summed E-state index contributed by atoms with van der Waals surface area (Å²) in [7, 11) is 0. The van der Waals surface area contributed by atoms with Crippen LogP contribution in [0.3, 0.4) is 0 Å². The summed E-state index contributed by atoms with van der Waals surface area (Å²) in [5, 5.41) is 18.7. The summed E-state index contributed by atoms with van der Waals surface area (Å²) in [4.78, 5) is 0. The zero-order chi connectivity index (χ0) is 14.6. The molecule has 5 nitrogen and oxygen atoms in total. The van der Waals surface area contributed by atoms with Gasteiger partial charge in [-0.3, -0.25) is 0 Å². The minimum Gasteiger partial charge on any atom is -0.394 e. The van der Waals surface area contributed by atoms with E-state index in [9.17, 15) is 5.11 Å². The van der Waals surface area contributed by atoms with Gasteiger partial charge in [-0.25, -0.2) is 0 Å². The van der Waals surface area contributed by atoms with E-state index in [0.717, 1.165) is 25.7 Å². The third-order valence-electron chi connectivity index (χ3n) is 4.09. The zero-order valence-corrected chi connectivity index (χ0v) is 13.1. The molecule has 0 amide bonds. The highest BCUT2D eigenvalue weighted by Gasteiger charge is 2.43. The number of thioether (sulfide) groups is 1. The highest BCUT2D eigenvalue weighted by Crippen LogP contribution is 2.38. The Morgan fingerprint density at radius 3 is 2.60 bits per heavy atom. The largest absolute Gasteiger partial charge is 0.394 e. The smallest absolute Gasteiger partial charge is 0.168 e. The molecule has 0 radical (unpaired) electrons. The van der Waals surface area contributed by atoms with Crippen LogP contribution in [0.2, 0.25) is 0 Å². The predicted octanol–water partition coefficient (Wildman–Crippen LogP) is 1.51. The Morgan fingerprint density at radius 2 is 2.05 bits per heavy atom. The first-order valence-electron chi connectivity index (χ1n) is 7.39. The van der Waals surface area contributed by atoms with Gasteiger partial charge in [0, 0.05) is 12.8 Å². The molecular formula is C14H26O5S. The molecule has 0 bridgehead atoms. The van der Waals surface area contributed by atoms with E-state index in [1.165, 1.54) is 18.2 Å². The second kappa shape index (κ2) is 7.42. The van der Waals surface area contributed by atoms with Crippen molar-refractivity contribution < 1.29 is 24.4 Å². The minimum atomic E-state index is -0.886. The fourth-order valence-electron chi connectivity index (χ4n) is 2.88. The Hall–Kier alpha value is 0.150. The number of aliphatic hydroxyl groups excluding tert-OH is 2. The quantitative estimate of drug-likeness (QED) is 0.751. The molecule has 0 aromatic carbocycles. The molecule has 1 spiro atoms. The maximum atomic E-state index is 9.70. The lowest BCUT2D eigenvalue weighted by atomic mass is 9.93. The molecule has 1 aliphatic heterocycles. The van der Waals surface area contributed by atoms with E-state index in [1.54, 1.807) is 0 Å². The summed E-state index contributed by atoms with van der Waals surface area (Å²) in [5.74, 6) is -0.415. The van der Waals surface area contributed by atoms with Crippen molar-refractivity contribution in [3.05, 3.63) is 0 Å². The molecular weight excluding hydrogens is 280 g/mol. The topological polar surface area (TPSA) is 68.2 Å². The number of ether oxygens (including phenoxy) is 3. The summed E-state index contributed by atoms with van der Waals surface area (Å²) in [6.07, 6.45) is 6.14. The molecule has 1 heterocycles. The van der Waals surface area contributed by atoms with E-state index in [2.05, 4.69) is 0 Å². The Bertz CT molecular complexity index is 295. The van der Waals surface area contributed by atoms with Crippen LogP contribution in [0.5, 0.6) is 0 Å². The van der Waals surface area contributed by atoms with Crippen molar-refractivity contribution in [2.45, 2.75) is 68.6 Å². The van der Waals surface area contributed by atoms with Gasteiger partial charge < -0.3 is 24.4 Å². The Labute approximate surface area is 125 Å². The van der Waals surface area contributed by atoms with Crippen LogP contribution in [-0.2, 0) is 14.2 Å². The van der Waals surface area contributed by atoms with Gasteiger partial charge in [0.15, 0.2) is 5.79 Å². The van der Waals surface area contributed by atoms with Crippen LogP contribution in [0.4, 0.5) is 0 Å². The van der Waals surface area contributed by atoms with Crippen LogP contribution >= 0.6 is 11.8 Å². The summed E-state index contributed by atoms with van der Waals surface area (Å²) < 4.78 is 17.9. The molecule has 0 aromatic rings. The van der Waals surface area contributed by atoms with Gasteiger partial charge in [0.05, 0.1) is 19.3 Å². The molecule has 2 aliphatic rings. The van der Waals surface area contributed by atoms with Gasteiger partial charge in [-0.05, 0) is 26.0 Å². The van der Waals surface area contributed by atoms with Gasteiger partial charge in [0.2, 0.25) is 0 Å². The Balaban J connectivity index is 1.89. The van der Waals surface area contributed by atoms with Crippen molar-refractivity contribution in [2.24, 2.45) is 0 Å². The van der Waals surface area contributed by atoms with Gasteiger partial charge in [-0.2, -0.15) is 0 Å². The van der Waals surface area contributed by atoms with Crippen LogP contribution in [0.25, 0.3) is 0 Å². The zero-order valence-electron chi connectivity index (χ0n) is 12.3. The van der Waals surface area contributed by atoms with Crippen molar-refractivity contribution in [3.8, 4) is 0 Å². The minimum absolute atomic E-state index is 0.0672. The lowest BCUT2D eigenvalue weighted by molar-refractivity contribution is -0.335. The highest BCUT2D eigenvalue weighted by molar-refractivity contribution is 7.99. The number of aliphatic hydroxyl groups is 2. The van der Waals surface area contributed by atoms with E-state index in [0.29, 0.717) is 6.61 Å². The molecule has 4 atom stereocenters. The Kier molecular flexibility index (Phi) is 6.13. The van der Waals surface area contributed by atoms with Gasteiger partial charge in [-0.1, -0.05) is 6.42 Å². The lowest BCUT2D eigenvalue weighted by Gasteiger charge is -2.46. The van der Waals surface area contributed by atoms with E-state index >= 15 is 0 Å². The molecule has 1 unspecified atom stereocenters. The molecule has 1 aliphatic carbocycles. The molecule has 2 rings (SSSR count). The van der Waals surface area contributed by atoms with Crippen molar-refractivity contribution in [1.82, 2.24) is 0 Å². The van der Waals surface area contributed by atoms with E-state index in [-0.39, 0.29) is 18.8 Å². The average Bonchev–Trinajstić information content (AvgIpc) is 2.47. The first kappa shape index (κ1) is 16.5. The SMILES string of the molecule is CS[C@H](OC1COC2(CCCCC2)O[C@H]1C)[C@H](O)CO. The normalized spacial score (nSPS) is 33.0. The van der Waals surface area contributed by atoms with Crippen molar-refractivity contribution >= 4 is 11.8 Å². The van der Waals surface area contributed by atoms with E-state index in [4.69, 9.17) is 19.3 Å². The predicted molar refractivity (Wildman–Crippen MR) is 77.6 cm³/mol. The molecule has 20 heavy (non-hydrogen) atoms. The highest BCUT2D eigenvalue weighted by atomic mass is 32.2. The third kappa shape index (κ3) is 3.87. The van der Waals surface area contributed by atoms with Gasteiger partial charge >= 0.3 is 0 Å². The van der Waals surface area contributed by atoms with Crippen molar-refractivity contribution in [1.29, 1.82) is 0 Å². The first-order chi connectivity index (χ1) is 9.60.